The molecule has 0 nitrogen and oxygen atoms in total. The normalized spacial score (nSPS) is 8.36. The zero-order chi connectivity index (χ0) is 6.10. The predicted molar refractivity (Wildman–Crippen MR) is 40.7 cm³/mol. The van der Waals surface area contributed by atoms with Crippen molar-refractivity contribution in [2.45, 2.75) is 0 Å². The van der Waals surface area contributed by atoms with Crippen molar-refractivity contribution in [1.29, 1.82) is 0 Å². The van der Waals surface area contributed by atoms with Gasteiger partial charge in [0.1, 0.15) is 0 Å². The molecule has 0 aliphatic carbocycles. The van der Waals surface area contributed by atoms with E-state index in [2.05, 4.69) is 17.5 Å². The van der Waals surface area contributed by atoms with Crippen LogP contribution in [-0.2, 0) is 0 Å². The van der Waals surface area contributed by atoms with Crippen LogP contribution in [-0.4, -0.2) is 0 Å². The van der Waals surface area contributed by atoms with Crippen LogP contribution in [0.1, 0.15) is 0 Å². The average Bonchev–Trinajstić information content (AvgIpc) is 2.33. The molecule has 44 valence electrons. The van der Waals surface area contributed by atoms with Crippen molar-refractivity contribution < 1.29 is 37.7 Å². The third-order valence-corrected chi connectivity index (χ3v) is 2.13. The molecule has 0 N–H and O–H groups in total. The summed E-state index contributed by atoms with van der Waals surface area (Å²) in [5.74, 6) is 0. The minimum atomic E-state index is 0. The van der Waals surface area contributed by atoms with E-state index in [4.69, 9.17) is 0 Å². The molecule has 0 unspecified atom stereocenters. The van der Waals surface area contributed by atoms with Crippen molar-refractivity contribution in [3.05, 3.63) is 35.7 Å². The van der Waals surface area contributed by atoms with Gasteiger partial charge in [0.25, 0.3) is 0 Å². The molecule has 0 bridgehead atoms. The third kappa shape index (κ3) is 2.41. The summed E-state index contributed by atoms with van der Waals surface area (Å²) >= 11 is 1.66. The van der Waals surface area contributed by atoms with E-state index in [9.17, 15) is 0 Å². The predicted octanol–water partition coefficient (Wildman–Crippen LogP) is -3.29. The molecule has 2 aromatic rings. The first-order valence-electron chi connectivity index (χ1n) is 2.81. The van der Waals surface area contributed by atoms with Crippen LogP contribution >= 0.6 is 11.3 Å². The van der Waals surface area contributed by atoms with E-state index in [0.717, 1.165) is 0 Å². The van der Waals surface area contributed by atoms with Crippen LogP contribution in [0.3, 0.4) is 0 Å². The van der Waals surface area contributed by atoms with Gasteiger partial charge in [-0.15, -0.1) is 22.2 Å². The average molecular weight is 147 g/mol. The molecular formula is C8H5Li2S+. The summed E-state index contributed by atoms with van der Waals surface area (Å²) in [6.07, 6.45) is 0. The Bertz CT molecular complexity index is 286. The largest absolute Gasteiger partial charge is 1.00 e. The molecule has 0 fully saturated rings. The van der Waals surface area contributed by atoms with Gasteiger partial charge in [-0.3, -0.25) is 11.3 Å². The van der Waals surface area contributed by atoms with Crippen molar-refractivity contribution in [3.63, 3.8) is 0 Å². The Morgan fingerprint density at radius 1 is 1.09 bits per heavy atom. The van der Waals surface area contributed by atoms with E-state index in [1.807, 2.05) is 18.2 Å². The number of hydrogen-bond donors (Lipinski definition) is 0. The summed E-state index contributed by atoms with van der Waals surface area (Å²) in [7, 11) is 0. The van der Waals surface area contributed by atoms with Crippen molar-refractivity contribution in [1.82, 2.24) is 0 Å². The molecule has 1 aromatic carbocycles. The van der Waals surface area contributed by atoms with Crippen molar-refractivity contribution in [2.24, 2.45) is 0 Å². The van der Waals surface area contributed by atoms with Crippen molar-refractivity contribution in [3.8, 4) is 0 Å². The summed E-state index contributed by atoms with van der Waals surface area (Å²) in [5, 5.41) is 4.37. The monoisotopic (exact) mass is 147 g/mol. The zero-order valence-corrected chi connectivity index (χ0v) is 7.61. The van der Waals surface area contributed by atoms with E-state index >= 15 is 0 Å². The molecule has 1 heterocycles. The minimum Gasteiger partial charge on any atom is -0.296 e. The number of fused-ring (bicyclic) bond motifs is 1. The third-order valence-electron chi connectivity index (χ3n) is 1.30. The summed E-state index contributed by atoms with van der Waals surface area (Å²) in [6, 6.07) is 10.3. The van der Waals surface area contributed by atoms with E-state index in [1.54, 1.807) is 11.3 Å². The minimum absolute atomic E-state index is 0. The Labute approximate surface area is 94.3 Å². The van der Waals surface area contributed by atoms with Crippen LogP contribution < -0.4 is 37.7 Å². The Hall–Kier alpha value is 0.375. The second kappa shape index (κ2) is 5.10. The van der Waals surface area contributed by atoms with Gasteiger partial charge in [0, 0.05) is 0 Å². The number of thiophene rings is 1. The Morgan fingerprint density at radius 2 is 1.82 bits per heavy atom. The Kier molecular flexibility index (Phi) is 5.27. The maximum Gasteiger partial charge on any atom is 1.00 e. The molecule has 0 amide bonds. The topological polar surface area (TPSA) is 0 Å². The van der Waals surface area contributed by atoms with Gasteiger partial charge >= 0.3 is 37.7 Å². The van der Waals surface area contributed by atoms with Gasteiger partial charge in [-0.05, 0) is 0 Å². The molecule has 0 aliphatic rings. The molecule has 0 radical (unpaired) electrons. The fourth-order valence-corrected chi connectivity index (χ4v) is 1.55. The van der Waals surface area contributed by atoms with Gasteiger partial charge < -0.3 is 0 Å². The molecule has 3 heteroatoms. The molecule has 0 atom stereocenters. The fraction of sp³-hybridized carbons (Fsp3) is 0. The number of rotatable bonds is 0. The van der Waals surface area contributed by atoms with Gasteiger partial charge in [0.2, 0.25) is 0 Å². The summed E-state index contributed by atoms with van der Waals surface area (Å²) in [5.41, 5.74) is 0. The smallest absolute Gasteiger partial charge is 0.296 e. The molecule has 0 saturated heterocycles. The SMILES string of the molecule is [Li+].[Li+].[c-]1cc2ccccc2s1. The second-order valence-corrected chi connectivity index (χ2v) is 2.78. The summed E-state index contributed by atoms with van der Waals surface area (Å²) in [4.78, 5) is 0. The molecule has 0 saturated carbocycles. The van der Waals surface area contributed by atoms with E-state index in [0.29, 0.717) is 0 Å². The van der Waals surface area contributed by atoms with Crippen LogP contribution in [0.4, 0.5) is 0 Å². The number of benzene rings is 1. The van der Waals surface area contributed by atoms with Gasteiger partial charge in [0.15, 0.2) is 0 Å². The molecule has 0 aliphatic heterocycles. The maximum atomic E-state index is 3.08. The molecule has 0 spiro atoms. The molecule has 2 rings (SSSR count). The number of hydrogen-bond acceptors (Lipinski definition) is 1. The molecule has 1 aromatic heterocycles. The first kappa shape index (κ1) is 11.4. The molecule has 11 heavy (non-hydrogen) atoms. The van der Waals surface area contributed by atoms with Crippen molar-refractivity contribution in [2.75, 3.05) is 0 Å². The van der Waals surface area contributed by atoms with Crippen LogP contribution in [0.15, 0.2) is 30.3 Å². The first-order chi connectivity index (χ1) is 4.47. The Balaban J connectivity index is 0.000000500. The zero-order valence-electron chi connectivity index (χ0n) is 6.79. The van der Waals surface area contributed by atoms with Crippen LogP contribution in [0, 0.1) is 5.38 Å². The second-order valence-electron chi connectivity index (χ2n) is 1.90. The quantitative estimate of drug-likeness (QED) is 0.270. The van der Waals surface area contributed by atoms with E-state index < -0.39 is 0 Å². The van der Waals surface area contributed by atoms with Gasteiger partial charge in [-0.25, -0.2) is 0 Å². The van der Waals surface area contributed by atoms with Gasteiger partial charge in [0.05, 0.1) is 0 Å². The fourth-order valence-electron chi connectivity index (χ4n) is 0.849. The van der Waals surface area contributed by atoms with Gasteiger partial charge in [-0.1, -0.05) is 12.1 Å². The first-order valence-corrected chi connectivity index (χ1v) is 3.63. The summed E-state index contributed by atoms with van der Waals surface area (Å²) < 4.78 is 1.32. The Morgan fingerprint density at radius 3 is 2.55 bits per heavy atom. The maximum absolute atomic E-state index is 3.08. The van der Waals surface area contributed by atoms with Gasteiger partial charge in [-0.2, -0.15) is 11.5 Å². The van der Waals surface area contributed by atoms with Crippen molar-refractivity contribution >= 4 is 21.4 Å². The molecular weight excluding hydrogens is 142 g/mol. The summed E-state index contributed by atoms with van der Waals surface area (Å²) in [6.45, 7) is 0. The van der Waals surface area contributed by atoms with Crippen LogP contribution in [0.2, 0.25) is 0 Å². The van der Waals surface area contributed by atoms with Crippen LogP contribution in [0.5, 0.6) is 0 Å². The van der Waals surface area contributed by atoms with E-state index in [-0.39, 0.29) is 37.7 Å². The van der Waals surface area contributed by atoms with Crippen LogP contribution in [0.25, 0.3) is 10.1 Å². The standard InChI is InChI=1S/C8H5S.2Li/c1-2-4-8-7(3-1)5-6-9-8;;/h1-5H;;/q-1;2*+1. The van der Waals surface area contributed by atoms with E-state index in [1.165, 1.54) is 10.1 Å².